The lowest BCUT2D eigenvalue weighted by Gasteiger charge is -2.40. The van der Waals surface area contributed by atoms with E-state index in [1.807, 2.05) is 0 Å². The molecule has 1 saturated carbocycles. The summed E-state index contributed by atoms with van der Waals surface area (Å²) in [5.74, 6) is -0.492. The van der Waals surface area contributed by atoms with Crippen LogP contribution in [0.1, 0.15) is 73.4 Å². The first-order valence-electron chi connectivity index (χ1n) is 10.0. The Morgan fingerprint density at radius 3 is 2.57 bits per heavy atom. The molecule has 0 unspecified atom stereocenters. The molecule has 2 fully saturated rings. The highest BCUT2D eigenvalue weighted by atomic mass is 19.3. The molecule has 2 aromatic rings. The normalized spacial score (nSPS) is 20.1. The molecule has 1 amide bonds. The van der Waals surface area contributed by atoms with Gasteiger partial charge in [0.05, 0.1) is 5.54 Å². The maximum atomic E-state index is 13.3. The standard InChI is InChI=1S/C19H26F2N6O/c1-13-11-14(15(20)21)27-18(22-13)23-16(25-27)17(28)24-19(7-3-2-4-8-19)12-26-9-5-6-10-26/h11,15H,2-10,12H2,1H3,(H,24,28). The van der Waals surface area contributed by atoms with Crippen LogP contribution >= 0.6 is 0 Å². The molecule has 0 aromatic carbocycles. The molecule has 152 valence electrons. The highest BCUT2D eigenvalue weighted by Gasteiger charge is 2.37. The topological polar surface area (TPSA) is 75.4 Å². The van der Waals surface area contributed by atoms with Crippen molar-refractivity contribution in [2.75, 3.05) is 19.6 Å². The molecule has 1 aliphatic heterocycles. The van der Waals surface area contributed by atoms with Crippen LogP contribution in [-0.4, -0.2) is 55.6 Å². The summed E-state index contributed by atoms with van der Waals surface area (Å²) >= 11 is 0. The summed E-state index contributed by atoms with van der Waals surface area (Å²) in [6.45, 7) is 4.56. The van der Waals surface area contributed by atoms with E-state index < -0.39 is 12.3 Å². The highest BCUT2D eigenvalue weighted by Crippen LogP contribution is 2.30. The zero-order chi connectivity index (χ0) is 19.7. The minimum absolute atomic E-state index is 0.0256. The van der Waals surface area contributed by atoms with Gasteiger partial charge in [0.15, 0.2) is 0 Å². The van der Waals surface area contributed by atoms with Crippen molar-refractivity contribution >= 4 is 11.7 Å². The van der Waals surface area contributed by atoms with E-state index in [0.29, 0.717) is 5.69 Å². The van der Waals surface area contributed by atoms with E-state index in [9.17, 15) is 13.6 Å². The van der Waals surface area contributed by atoms with Gasteiger partial charge < -0.3 is 10.2 Å². The van der Waals surface area contributed by atoms with Gasteiger partial charge in [-0.2, -0.15) is 9.50 Å². The van der Waals surface area contributed by atoms with Crippen molar-refractivity contribution in [3.8, 4) is 0 Å². The number of hydrogen-bond donors (Lipinski definition) is 1. The Hall–Kier alpha value is -2.16. The van der Waals surface area contributed by atoms with Crippen molar-refractivity contribution in [3.63, 3.8) is 0 Å². The lowest BCUT2D eigenvalue weighted by molar-refractivity contribution is 0.0811. The van der Waals surface area contributed by atoms with Crippen LogP contribution in [0.4, 0.5) is 8.78 Å². The molecule has 1 N–H and O–H groups in total. The Kier molecular flexibility index (Phi) is 5.27. The Morgan fingerprint density at radius 2 is 1.89 bits per heavy atom. The number of amides is 1. The second kappa shape index (κ2) is 7.69. The summed E-state index contributed by atoms with van der Waals surface area (Å²) in [7, 11) is 0. The van der Waals surface area contributed by atoms with Crippen LogP contribution in [0.2, 0.25) is 0 Å². The van der Waals surface area contributed by atoms with Crippen LogP contribution in [-0.2, 0) is 0 Å². The number of aromatic nitrogens is 4. The molecular formula is C19H26F2N6O. The molecule has 1 aliphatic carbocycles. The molecule has 4 rings (SSSR count). The number of carbonyl (C=O) groups is 1. The largest absolute Gasteiger partial charge is 0.343 e. The molecule has 0 atom stereocenters. The van der Waals surface area contributed by atoms with Crippen LogP contribution in [0.25, 0.3) is 5.78 Å². The van der Waals surface area contributed by atoms with Gasteiger partial charge >= 0.3 is 0 Å². The summed E-state index contributed by atoms with van der Waals surface area (Å²) in [5, 5.41) is 7.21. The van der Waals surface area contributed by atoms with Gasteiger partial charge in [-0.1, -0.05) is 19.3 Å². The first-order valence-corrected chi connectivity index (χ1v) is 10.0. The average molecular weight is 392 g/mol. The number of nitrogens with zero attached hydrogens (tertiary/aromatic N) is 5. The molecule has 2 aromatic heterocycles. The zero-order valence-corrected chi connectivity index (χ0v) is 16.1. The van der Waals surface area contributed by atoms with Gasteiger partial charge in [0.2, 0.25) is 5.82 Å². The SMILES string of the molecule is Cc1cc(C(F)F)n2nc(C(=O)NC3(CN4CCCC4)CCCCC3)nc2n1. The number of likely N-dealkylation sites (tertiary alicyclic amines) is 1. The van der Waals surface area contributed by atoms with Crippen molar-refractivity contribution < 1.29 is 13.6 Å². The fraction of sp³-hybridized carbons (Fsp3) is 0.684. The number of carbonyl (C=O) groups excluding carboxylic acids is 1. The van der Waals surface area contributed by atoms with Crippen molar-refractivity contribution in [3.05, 3.63) is 23.3 Å². The minimum atomic E-state index is -2.72. The number of fused-ring (bicyclic) bond motifs is 1. The first-order chi connectivity index (χ1) is 13.5. The minimum Gasteiger partial charge on any atom is -0.343 e. The van der Waals surface area contributed by atoms with Gasteiger partial charge in [0, 0.05) is 12.2 Å². The molecule has 7 nitrogen and oxygen atoms in total. The molecule has 0 bridgehead atoms. The second-order valence-corrected chi connectivity index (χ2v) is 8.05. The molecule has 28 heavy (non-hydrogen) atoms. The van der Waals surface area contributed by atoms with Gasteiger partial charge in [-0.05, 0) is 51.8 Å². The third kappa shape index (κ3) is 3.85. The van der Waals surface area contributed by atoms with Crippen molar-refractivity contribution in [1.82, 2.24) is 29.8 Å². The van der Waals surface area contributed by atoms with Crippen LogP contribution in [0.3, 0.4) is 0 Å². The van der Waals surface area contributed by atoms with Crippen LogP contribution in [0, 0.1) is 6.92 Å². The van der Waals surface area contributed by atoms with Crippen LogP contribution < -0.4 is 5.32 Å². The average Bonchev–Trinajstić information content (AvgIpc) is 3.30. The zero-order valence-electron chi connectivity index (χ0n) is 16.1. The molecule has 9 heteroatoms. The van der Waals surface area contributed by atoms with E-state index in [-0.39, 0.29) is 22.8 Å². The Morgan fingerprint density at radius 1 is 1.18 bits per heavy atom. The predicted molar refractivity (Wildman–Crippen MR) is 99.4 cm³/mol. The van der Waals surface area contributed by atoms with Gasteiger partial charge in [-0.15, -0.1) is 5.10 Å². The molecular weight excluding hydrogens is 366 g/mol. The van der Waals surface area contributed by atoms with Gasteiger partial charge in [-0.25, -0.2) is 13.8 Å². The van der Waals surface area contributed by atoms with E-state index >= 15 is 0 Å². The number of nitrogens with one attached hydrogen (secondary N) is 1. The highest BCUT2D eigenvalue weighted by molar-refractivity contribution is 5.91. The van der Waals surface area contributed by atoms with E-state index in [1.54, 1.807) is 6.92 Å². The number of hydrogen-bond acceptors (Lipinski definition) is 5. The lowest BCUT2D eigenvalue weighted by Crippen LogP contribution is -2.56. The molecule has 3 heterocycles. The molecule has 0 spiro atoms. The number of rotatable bonds is 5. The molecule has 1 saturated heterocycles. The van der Waals surface area contributed by atoms with E-state index in [1.165, 1.54) is 25.3 Å². The number of alkyl halides is 2. The number of halogens is 2. The Balaban J connectivity index is 1.59. The quantitative estimate of drug-likeness (QED) is 0.847. The fourth-order valence-electron chi connectivity index (χ4n) is 4.48. The van der Waals surface area contributed by atoms with Gasteiger partial charge in [0.1, 0.15) is 5.69 Å². The Labute approximate surface area is 162 Å². The summed E-state index contributed by atoms with van der Waals surface area (Å²) in [6.07, 6.45) is 4.82. The van der Waals surface area contributed by atoms with Gasteiger partial charge in [0.25, 0.3) is 18.1 Å². The summed E-state index contributed by atoms with van der Waals surface area (Å²) in [6, 6.07) is 1.27. The number of aryl methyl sites for hydroxylation is 1. The van der Waals surface area contributed by atoms with E-state index in [2.05, 4.69) is 25.3 Å². The maximum absolute atomic E-state index is 13.3. The summed E-state index contributed by atoms with van der Waals surface area (Å²) < 4.78 is 27.6. The third-order valence-corrected chi connectivity index (χ3v) is 5.81. The van der Waals surface area contributed by atoms with Gasteiger partial charge in [-0.3, -0.25) is 4.79 Å². The van der Waals surface area contributed by atoms with Crippen molar-refractivity contribution in [1.29, 1.82) is 0 Å². The van der Waals surface area contributed by atoms with Crippen LogP contribution in [0.5, 0.6) is 0 Å². The second-order valence-electron chi connectivity index (χ2n) is 8.05. The summed E-state index contributed by atoms with van der Waals surface area (Å²) in [4.78, 5) is 23.6. The molecule has 0 radical (unpaired) electrons. The van der Waals surface area contributed by atoms with Crippen molar-refractivity contribution in [2.24, 2.45) is 0 Å². The summed E-state index contributed by atoms with van der Waals surface area (Å²) in [5.41, 5.74) is -0.190. The van der Waals surface area contributed by atoms with Crippen LogP contribution in [0.15, 0.2) is 6.07 Å². The predicted octanol–water partition coefficient (Wildman–Crippen LogP) is 2.90. The monoisotopic (exact) mass is 392 g/mol. The Bertz CT molecular complexity index is 855. The third-order valence-electron chi connectivity index (χ3n) is 5.81. The fourth-order valence-corrected chi connectivity index (χ4v) is 4.48. The van der Waals surface area contributed by atoms with Crippen molar-refractivity contribution in [2.45, 2.75) is 63.8 Å². The maximum Gasteiger partial charge on any atom is 0.291 e. The van der Waals surface area contributed by atoms with E-state index in [0.717, 1.165) is 49.8 Å². The first kappa shape index (κ1) is 19.2. The smallest absolute Gasteiger partial charge is 0.291 e. The lowest BCUT2D eigenvalue weighted by atomic mass is 9.81. The molecule has 2 aliphatic rings. The van der Waals surface area contributed by atoms with E-state index in [4.69, 9.17) is 0 Å².